The Morgan fingerprint density at radius 2 is 2.05 bits per heavy atom. The van der Waals surface area contributed by atoms with Crippen LogP contribution in [-0.4, -0.2) is 24.8 Å². The SMILES string of the molecule is CCNCC/C=C(/C)CC1CCC2(CCCCC2)O1. The average Bonchev–Trinajstić information content (AvgIpc) is 2.78. The lowest BCUT2D eigenvalue weighted by atomic mass is 9.83. The van der Waals surface area contributed by atoms with E-state index in [-0.39, 0.29) is 5.60 Å². The molecule has 1 saturated heterocycles. The maximum atomic E-state index is 6.43. The van der Waals surface area contributed by atoms with Crippen molar-refractivity contribution in [1.82, 2.24) is 5.32 Å². The van der Waals surface area contributed by atoms with Gasteiger partial charge in [-0.05, 0) is 58.5 Å². The molecule has 19 heavy (non-hydrogen) atoms. The topological polar surface area (TPSA) is 21.3 Å². The molecule has 0 radical (unpaired) electrons. The lowest BCUT2D eigenvalue weighted by molar-refractivity contribution is -0.0628. The maximum absolute atomic E-state index is 6.43. The predicted molar refractivity (Wildman–Crippen MR) is 81.5 cm³/mol. The minimum atomic E-state index is 0.285. The summed E-state index contributed by atoms with van der Waals surface area (Å²) in [5.41, 5.74) is 1.79. The fraction of sp³-hybridized carbons (Fsp3) is 0.882. The lowest BCUT2D eigenvalue weighted by Gasteiger charge is -2.33. The van der Waals surface area contributed by atoms with E-state index in [9.17, 15) is 0 Å². The molecule has 0 aromatic heterocycles. The van der Waals surface area contributed by atoms with Crippen LogP contribution in [0.5, 0.6) is 0 Å². The maximum Gasteiger partial charge on any atom is 0.0687 e. The molecule has 1 saturated carbocycles. The summed E-state index contributed by atoms with van der Waals surface area (Å²) in [7, 11) is 0. The monoisotopic (exact) mass is 265 g/mol. The molecule has 1 spiro atoms. The van der Waals surface area contributed by atoms with Crippen molar-refractivity contribution in [3.8, 4) is 0 Å². The molecule has 1 aliphatic heterocycles. The average molecular weight is 265 g/mol. The van der Waals surface area contributed by atoms with Gasteiger partial charge in [0.1, 0.15) is 0 Å². The van der Waals surface area contributed by atoms with Crippen molar-refractivity contribution >= 4 is 0 Å². The molecule has 1 unspecified atom stereocenters. The second-order valence-corrected chi connectivity index (χ2v) is 6.42. The van der Waals surface area contributed by atoms with Gasteiger partial charge in [0.2, 0.25) is 0 Å². The largest absolute Gasteiger partial charge is 0.371 e. The van der Waals surface area contributed by atoms with E-state index < -0.39 is 0 Å². The second kappa shape index (κ2) is 7.44. The Morgan fingerprint density at radius 1 is 1.26 bits per heavy atom. The Hall–Kier alpha value is -0.340. The summed E-state index contributed by atoms with van der Waals surface area (Å²) in [6, 6.07) is 0. The van der Waals surface area contributed by atoms with E-state index in [0.29, 0.717) is 6.10 Å². The zero-order valence-corrected chi connectivity index (χ0v) is 12.8. The Bertz CT molecular complexity index is 292. The first-order valence-corrected chi connectivity index (χ1v) is 8.28. The summed E-state index contributed by atoms with van der Waals surface area (Å²) in [6.45, 7) is 6.60. The van der Waals surface area contributed by atoms with Gasteiger partial charge in [-0.1, -0.05) is 37.8 Å². The van der Waals surface area contributed by atoms with Gasteiger partial charge in [0, 0.05) is 0 Å². The second-order valence-electron chi connectivity index (χ2n) is 6.42. The van der Waals surface area contributed by atoms with Crippen LogP contribution in [0.3, 0.4) is 0 Å². The highest BCUT2D eigenvalue weighted by Crippen LogP contribution is 2.43. The fourth-order valence-corrected chi connectivity index (χ4v) is 3.64. The van der Waals surface area contributed by atoms with Gasteiger partial charge in [0.15, 0.2) is 0 Å². The molecule has 2 fully saturated rings. The van der Waals surface area contributed by atoms with Crippen LogP contribution in [0.4, 0.5) is 0 Å². The van der Waals surface area contributed by atoms with Crippen molar-refractivity contribution < 1.29 is 4.74 Å². The van der Waals surface area contributed by atoms with E-state index in [0.717, 1.165) is 25.9 Å². The van der Waals surface area contributed by atoms with Crippen LogP contribution in [-0.2, 0) is 4.74 Å². The van der Waals surface area contributed by atoms with Crippen molar-refractivity contribution in [2.45, 2.75) is 83.3 Å². The summed E-state index contributed by atoms with van der Waals surface area (Å²) in [4.78, 5) is 0. The number of nitrogens with one attached hydrogen (secondary N) is 1. The highest BCUT2D eigenvalue weighted by molar-refractivity contribution is 5.02. The number of hydrogen-bond acceptors (Lipinski definition) is 2. The molecule has 1 atom stereocenters. The quantitative estimate of drug-likeness (QED) is 0.574. The van der Waals surface area contributed by atoms with Gasteiger partial charge in [-0.2, -0.15) is 0 Å². The summed E-state index contributed by atoms with van der Waals surface area (Å²) in [5.74, 6) is 0. The van der Waals surface area contributed by atoms with Crippen LogP contribution in [0.15, 0.2) is 11.6 Å². The van der Waals surface area contributed by atoms with E-state index in [4.69, 9.17) is 4.74 Å². The molecular formula is C17H31NO. The van der Waals surface area contributed by atoms with Crippen molar-refractivity contribution in [1.29, 1.82) is 0 Å². The van der Waals surface area contributed by atoms with Crippen LogP contribution in [0.1, 0.15) is 71.6 Å². The van der Waals surface area contributed by atoms with Crippen molar-refractivity contribution in [3.63, 3.8) is 0 Å². The Balaban J connectivity index is 1.72. The van der Waals surface area contributed by atoms with Gasteiger partial charge in [0.25, 0.3) is 0 Å². The summed E-state index contributed by atoms with van der Waals surface area (Å²) >= 11 is 0. The molecular weight excluding hydrogens is 234 g/mol. The van der Waals surface area contributed by atoms with Gasteiger partial charge in [-0.25, -0.2) is 0 Å². The van der Waals surface area contributed by atoms with Gasteiger partial charge in [-0.3, -0.25) is 0 Å². The first kappa shape index (κ1) is 15.1. The summed E-state index contributed by atoms with van der Waals surface area (Å²) in [5, 5.41) is 3.37. The molecule has 1 aliphatic carbocycles. The van der Waals surface area contributed by atoms with Crippen LogP contribution < -0.4 is 5.32 Å². The molecule has 1 heterocycles. The normalized spacial score (nSPS) is 27.1. The molecule has 2 rings (SSSR count). The van der Waals surface area contributed by atoms with Crippen LogP contribution in [0.25, 0.3) is 0 Å². The highest BCUT2D eigenvalue weighted by Gasteiger charge is 2.40. The molecule has 2 heteroatoms. The number of hydrogen-bond donors (Lipinski definition) is 1. The standard InChI is InChI=1S/C17H31NO/c1-3-18-13-7-8-15(2)14-16-9-12-17(19-16)10-5-4-6-11-17/h8,16,18H,3-7,9-14H2,1-2H3/b15-8-. The van der Waals surface area contributed by atoms with Gasteiger partial charge in [0.05, 0.1) is 11.7 Å². The Morgan fingerprint density at radius 3 is 2.79 bits per heavy atom. The Labute approximate surface area is 119 Å². The molecule has 2 nitrogen and oxygen atoms in total. The van der Waals surface area contributed by atoms with Gasteiger partial charge >= 0.3 is 0 Å². The molecule has 2 aliphatic rings. The first-order valence-electron chi connectivity index (χ1n) is 8.28. The lowest BCUT2D eigenvalue weighted by Crippen LogP contribution is -2.31. The number of rotatable bonds is 6. The van der Waals surface area contributed by atoms with Crippen molar-refractivity contribution in [3.05, 3.63) is 11.6 Å². The summed E-state index contributed by atoms with van der Waals surface area (Å²) in [6.07, 6.45) is 14.6. The highest BCUT2D eigenvalue weighted by atomic mass is 16.5. The first-order chi connectivity index (χ1) is 9.24. The minimum absolute atomic E-state index is 0.285. The molecule has 1 N–H and O–H groups in total. The van der Waals surface area contributed by atoms with Gasteiger partial charge in [-0.15, -0.1) is 0 Å². The van der Waals surface area contributed by atoms with Crippen molar-refractivity contribution in [2.75, 3.05) is 13.1 Å². The van der Waals surface area contributed by atoms with Crippen LogP contribution in [0, 0.1) is 0 Å². The third kappa shape index (κ3) is 4.61. The third-order valence-corrected chi connectivity index (χ3v) is 4.72. The molecule has 0 bridgehead atoms. The van der Waals surface area contributed by atoms with Crippen LogP contribution >= 0.6 is 0 Å². The molecule has 0 aromatic carbocycles. The van der Waals surface area contributed by atoms with E-state index in [1.54, 1.807) is 0 Å². The van der Waals surface area contributed by atoms with Gasteiger partial charge < -0.3 is 10.1 Å². The van der Waals surface area contributed by atoms with E-state index in [1.807, 2.05) is 0 Å². The van der Waals surface area contributed by atoms with Crippen molar-refractivity contribution in [2.24, 2.45) is 0 Å². The zero-order valence-electron chi connectivity index (χ0n) is 12.8. The smallest absolute Gasteiger partial charge is 0.0687 e. The molecule has 0 aromatic rings. The van der Waals surface area contributed by atoms with Crippen LogP contribution in [0.2, 0.25) is 0 Å². The molecule has 0 amide bonds. The minimum Gasteiger partial charge on any atom is -0.371 e. The predicted octanol–water partition coefficient (Wildman–Crippen LogP) is 4.20. The zero-order chi connectivity index (χ0) is 13.6. The molecule has 110 valence electrons. The van der Waals surface area contributed by atoms with E-state index in [1.165, 1.54) is 50.5 Å². The number of ether oxygens (including phenoxy) is 1. The van der Waals surface area contributed by atoms with E-state index in [2.05, 4.69) is 25.2 Å². The fourth-order valence-electron chi connectivity index (χ4n) is 3.64. The van der Waals surface area contributed by atoms with E-state index >= 15 is 0 Å². The third-order valence-electron chi connectivity index (χ3n) is 4.72. The Kier molecular flexibility index (Phi) is 5.90. The summed E-state index contributed by atoms with van der Waals surface area (Å²) < 4.78 is 6.43.